The Labute approximate surface area is 84.1 Å². The Bertz CT molecular complexity index is 382. The van der Waals surface area contributed by atoms with E-state index in [9.17, 15) is 14.9 Å². The first-order chi connectivity index (χ1) is 6.35. The molecule has 5 nitrogen and oxygen atoms in total. The second kappa shape index (κ2) is 3.38. The molecule has 0 spiro atoms. The van der Waals surface area contributed by atoms with E-state index in [0.717, 1.165) is 11.3 Å². The lowest BCUT2D eigenvalue weighted by molar-refractivity contribution is -0.380. The van der Waals surface area contributed by atoms with Gasteiger partial charge < -0.3 is 5.11 Å². The summed E-state index contributed by atoms with van der Waals surface area (Å²) in [5.41, 5.74) is -1.07. The zero-order valence-electron chi connectivity index (χ0n) is 7.68. The van der Waals surface area contributed by atoms with Crippen LogP contribution in [0.15, 0.2) is 12.1 Å². The average Bonchev–Trinajstić information content (AvgIpc) is 2.51. The highest BCUT2D eigenvalue weighted by Crippen LogP contribution is 2.33. The fraction of sp³-hybridized carbons (Fsp3) is 0.375. The lowest BCUT2D eigenvalue weighted by atomic mass is 9.92. The molecule has 1 N–H and O–H groups in total. The van der Waals surface area contributed by atoms with E-state index in [1.54, 1.807) is 0 Å². The van der Waals surface area contributed by atoms with Gasteiger partial charge >= 0.3 is 11.0 Å². The summed E-state index contributed by atoms with van der Waals surface area (Å²) in [5.74, 6) is -0.991. The summed E-state index contributed by atoms with van der Waals surface area (Å²) < 4.78 is 0. The molecule has 6 heteroatoms. The highest BCUT2D eigenvalue weighted by atomic mass is 32.1. The number of rotatable bonds is 3. The number of aliphatic carboxylic acids is 1. The van der Waals surface area contributed by atoms with Crippen molar-refractivity contribution in [2.45, 2.75) is 19.3 Å². The molecule has 0 saturated carbocycles. The van der Waals surface area contributed by atoms with Gasteiger partial charge in [0.05, 0.1) is 10.3 Å². The van der Waals surface area contributed by atoms with Crippen LogP contribution in [0.25, 0.3) is 0 Å². The zero-order valence-corrected chi connectivity index (χ0v) is 8.50. The van der Waals surface area contributed by atoms with Crippen molar-refractivity contribution in [3.8, 4) is 0 Å². The highest BCUT2D eigenvalue weighted by Gasteiger charge is 2.32. The molecule has 0 radical (unpaired) electrons. The topological polar surface area (TPSA) is 80.4 Å². The van der Waals surface area contributed by atoms with E-state index >= 15 is 0 Å². The summed E-state index contributed by atoms with van der Waals surface area (Å²) in [4.78, 5) is 21.2. The molecule has 0 unspecified atom stereocenters. The molecule has 1 aromatic rings. The summed E-state index contributed by atoms with van der Waals surface area (Å²) in [7, 11) is 0. The third-order valence-electron chi connectivity index (χ3n) is 1.92. The molecule has 0 aliphatic heterocycles. The van der Waals surface area contributed by atoms with Crippen molar-refractivity contribution in [2.24, 2.45) is 0 Å². The molecule has 0 aliphatic rings. The fourth-order valence-electron chi connectivity index (χ4n) is 0.867. The maximum Gasteiger partial charge on any atom is 0.324 e. The van der Waals surface area contributed by atoms with Gasteiger partial charge in [0.25, 0.3) is 0 Å². The van der Waals surface area contributed by atoms with Crippen LogP contribution >= 0.6 is 11.3 Å². The average molecular weight is 215 g/mol. The second-order valence-corrected chi connectivity index (χ2v) is 4.39. The highest BCUT2D eigenvalue weighted by molar-refractivity contribution is 7.15. The van der Waals surface area contributed by atoms with Crippen molar-refractivity contribution in [3.63, 3.8) is 0 Å². The zero-order chi connectivity index (χ0) is 10.9. The lowest BCUT2D eigenvalue weighted by Gasteiger charge is -2.15. The largest absolute Gasteiger partial charge is 0.481 e. The Hall–Kier alpha value is -1.43. The van der Waals surface area contributed by atoms with E-state index in [4.69, 9.17) is 5.11 Å². The second-order valence-electron chi connectivity index (χ2n) is 3.33. The quantitative estimate of drug-likeness (QED) is 0.617. The third-order valence-corrected chi connectivity index (χ3v) is 3.28. The van der Waals surface area contributed by atoms with E-state index in [0.29, 0.717) is 4.88 Å². The summed E-state index contributed by atoms with van der Waals surface area (Å²) in [5, 5.41) is 19.2. The summed E-state index contributed by atoms with van der Waals surface area (Å²) in [6, 6.07) is 2.81. The molecule has 1 heterocycles. The number of carboxylic acid groups (broad SMARTS) is 1. The minimum Gasteiger partial charge on any atom is -0.481 e. The smallest absolute Gasteiger partial charge is 0.324 e. The molecule has 1 rings (SSSR count). The normalized spacial score (nSPS) is 11.3. The van der Waals surface area contributed by atoms with Gasteiger partial charge in [-0.3, -0.25) is 14.9 Å². The van der Waals surface area contributed by atoms with Gasteiger partial charge in [0, 0.05) is 10.9 Å². The van der Waals surface area contributed by atoms with Gasteiger partial charge in [-0.05, 0) is 19.9 Å². The number of hydrogen-bond donors (Lipinski definition) is 1. The number of carbonyl (C=O) groups is 1. The van der Waals surface area contributed by atoms with E-state index in [2.05, 4.69) is 0 Å². The first-order valence-electron chi connectivity index (χ1n) is 3.84. The molecule has 0 atom stereocenters. The Balaban J connectivity index is 3.09. The van der Waals surface area contributed by atoms with Gasteiger partial charge in [-0.15, -0.1) is 0 Å². The number of nitrogens with zero attached hydrogens (tertiary/aromatic N) is 1. The molecule has 0 saturated heterocycles. The van der Waals surface area contributed by atoms with Gasteiger partial charge in [-0.1, -0.05) is 11.3 Å². The van der Waals surface area contributed by atoms with Crippen LogP contribution in [0, 0.1) is 10.1 Å². The minimum atomic E-state index is -1.07. The molecule has 1 aromatic heterocycles. The SMILES string of the molecule is CC(C)(C(=O)O)c1ccc([N+](=O)[O-])s1. The third kappa shape index (κ3) is 1.74. The molecule has 0 aromatic carbocycles. The van der Waals surface area contributed by atoms with Crippen LogP contribution in [0.5, 0.6) is 0 Å². The van der Waals surface area contributed by atoms with Crippen LogP contribution < -0.4 is 0 Å². The van der Waals surface area contributed by atoms with Crippen LogP contribution in [0.2, 0.25) is 0 Å². The van der Waals surface area contributed by atoms with Crippen molar-refractivity contribution >= 4 is 22.3 Å². The van der Waals surface area contributed by atoms with Crippen LogP contribution in [0.3, 0.4) is 0 Å². The Morgan fingerprint density at radius 1 is 1.57 bits per heavy atom. The van der Waals surface area contributed by atoms with Crippen LogP contribution in [0.1, 0.15) is 18.7 Å². The molecular weight excluding hydrogens is 206 g/mol. The molecule has 0 bridgehead atoms. The van der Waals surface area contributed by atoms with Gasteiger partial charge in [-0.2, -0.15) is 0 Å². The molecule has 0 amide bonds. The first kappa shape index (κ1) is 10.6. The van der Waals surface area contributed by atoms with Crippen LogP contribution in [-0.4, -0.2) is 16.0 Å². The van der Waals surface area contributed by atoms with Gasteiger partial charge in [0.1, 0.15) is 0 Å². The van der Waals surface area contributed by atoms with Crippen molar-refractivity contribution in [2.75, 3.05) is 0 Å². The van der Waals surface area contributed by atoms with Crippen molar-refractivity contribution < 1.29 is 14.8 Å². The van der Waals surface area contributed by atoms with Crippen LogP contribution in [0.4, 0.5) is 5.00 Å². The number of hydrogen-bond acceptors (Lipinski definition) is 4. The molecule has 0 fully saturated rings. The summed E-state index contributed by atoms with van der Waals surface area (Å²) in [6.45, 7) is 3.04. The van der Waals surface area contributed by atoms with Crippen molar-refractivity contribution in [3.05, 3.63) is 27.1 Å². The molecule has 76 valence electrons. The van der Waals surface area contributed by atoms with Crippen molar-refractivity contribution in [1.29, 1.82) is 0 Å². The van der Waals surface area contributed by atoms with E-state index in [1.807, 2.05) is 0 Å². The fourth-order valence-corrected chi connectivity index (χ4v) is 1.78. The number of nitro groups is 1. The Kier molecular flexibility index (Phi) is 2.57. The molecular formula is C8H9NO4S. The first-order valence-corrected chi connectivity index (χ1v) is 4.65. The molecule has 14 heavy (non-hydrogen) atoms. The number of thiophene rings is 1. The monoisotopic (exact) mass is 215 g/mol. The number of carboxylic acids is 1. The van der Waals surface area contributed by atoms with Crippen molar-refractivity contribution in [1.82, 2.24) is 0 Å². The standard InChI is InChI=1S/C8H9NO4S/c1-8(2,7(10)11)5-3-4-6(14-5)9(12)13/h3-4H,1-2H3,(H,10,11). The van der Waals surface area contributed by atoms with E-state index < -0.39 is 16.3 Å². The lowest BCUT2D eigenvalue weighted by Crippen LogP contribution is -2.27. The molecule has 0 aliphatic carbocycles. The maximum atomic E-state index is 10.8. The van der Waals surface area contributed by atoms with Gasteiger partial charge in [-0.25, -0.2) is 0 Å². The predicted molar refractivity (Wildman–Crippen MR) is 51.6 cm³/mol. The Morgan fingerprint density at radius 2 is 2.14 bits per heavy atom. The van der Waals surface area contributed by atoms with Gasteiger partial charge in [0.2, 0.25) is 0 Å². The van der Waals surface area contributed by atoms with Crippen LogP contribution in [-0.2, 0) is 10.2 Å². The predicted octanol–water partition coefficient (Wildman–Crippen LogP) is 2.02. The Morgan fingerprint density at radius 3 is 2.50 bits per heavy atom. The van der Waals surface area contributed by atoms with E-state index in [1.165, 1.54) is 26.0 Å². The summed E-state index contributed by atoms with van der Waals surface area (Å²) in [6.07, 6.45) is 0. The van der Waals surface area contributed by atoms with E-state index in [-0.39, 0.29) is 5.00 Å². The maximum absolute atomic E-state index is 10.8. The van der Waals surface area contributed by atoms with Gasteiger partial charge in [0.15, 0.2) is 0 Å². The summed E-state index contributed by atoms with van der Waals surface area (Å²) >= 11 is 0.896. The minimum absolute atomic E-state index is 0.0330.